The molecule has 2 saturated carbocycles. The highest BCUT2D eigenvalue weighted by Crippen LogP contribution is 2.48. The summed E-state index contributed by atoms with van der Waals surface area (Å²) in [4.78, 5) is 13.4. The van der Waals surface area contributed by atoms with E-state index in [9.17, 15) is 9.90 Å². The van der Waals surface area contributed by atoms with Gasteiger partial charge in [0.2, 0.25) is 0 Å². The Morgan fingerprint density at radius 3 is 2.17 bits per heavy atom. The molecule has 134 valence electrons. The number of hydrogen-bond donors (Lipinski definition) is 1. The average molecular weight is 323 g/mol. The number of ketones is 1. The normalized spacial score (nSPS) is 42.2. The van der Waals surface area contributed by atoms with Crippen LogP contribution in [0.1, 0.15) is 80.1 Å². The lowest BCUT2D eigenvalue weighted by Gasteiger charge is -2.45. The number of carbonyl (C=O) groups excluding carboxylic acids is 1. The molecule has 0 saturated heterocycles. The second-order valence-electron chi connectivity index (χ2n) is 9.58. The Labute approximate surface area is 143 Å². The first kappa shape index (κ1) is 19.0. The van der Waals surface area contributed by atoms with Crippen molar-refractivity contribution in [3.8, 4) is 0 Å². The lowest BCUT2D eigenvalue weighted by molar-refractivity contribution is -0.142. The molecule has 6 atom stereocenters. The minimum absolute atomic E-state index is 0.214. The first-order valence-corrected chi connectivity index (χ1v) is 9.88. The van der Waals surface area contributed by atoms with Crippen LogP contribution >= 0.6 is 0 Å². The van der Waals surface area contributed by atoms with Gasteiger partial charge in [0, 0.05) is 11.3 Å². The summed E-state index contributed by atoms with van der Waals surface area (Å²) in [6, 6.07) is 0. The standard InChI is InChI=1S/C21H38O2/c1-13(2)16-8-7-15(5)11-18(16)20(23)21(6)10-9-17(14(3)4)19(22)12-21/h13-19,22H,7-12H2,1-6H3. The quantitative estimate of drug-likeness (QED) is 0.783. The number of Topliss-reactive ketones (excluding diaryl/α,β-unsaturated/α-hetero) is 1. The van der Waals surface area contributed by atoms with Crippen molar-refractivity contribution in [3.05, 3.63) is 0 Å². The monoisotopic (exact) mass is 322 g/mol. The van der Waals surface area contributed by atoms with E-state index in [1.807, 2.05) is 0 Å². The van der Waals surface area contributed by atoms with E-state index in [0.29, 0.717) is 41.8 Å². The molecular weight excluding hydrogens is 284 g/mol. The Balaban J connectivity index is 2.14. The van der Waals surface area contributed by atoms with Crippen LogP contribution in [-0.4, -0.2) is 17.0 Å². The number of carbonyl (C=O) groups is 1. The zero-order valence-corrected chi connectivity index (χ0v) is 16.1. The van der Waals surface area contributed by atoms with Crippen LogP contribution in [-0.2, 0) is 4.79 Å². The van der Waals surface area contributed by atoms with Crippen molar-refractivity contribution < 1.29 is 9.90 Å². The molecule has 2 aliphatic carbocycles. The highest BCUT2D eigenvalue weighted by Gasteiger charge is 2.47. The van der Waals surface area contributed by atoms with Gasteiger partial charge in [0.1, 0.15) is 5.78 Å². The molecule has 0 aliphatic heterocycles. The van der Waals surface area contributed by atoms with Crippen LogP contribution in [0.2, 0.25) is 0 Å². The van der Waals surface area contributed by atoms with E-state index >= 15 is 0 Å². The highest BCUT2D eigenvalue weighted by molar-refractivity contribution is 5.87. The molecule has 2 aliphatic rings. The van der Waals surface area contributed by atoms with E-state index in [4.69, 9.17) is 0 Å². The molecule has 0 amide bonds. The maximum absolute atomic E-state index is 13.4. The fraction of sp³-hybridized carbons (Fsp3) is 0.952. The van der Waals surface area contributed by atoms with Gasteiger partial charge in [0.05, 0.1) is 6.10 Å². The number of aliphatic hydroxyl groups excluding tert-OH is 1. The molecule has 6 unspecified atom stereocenters. The summed E-state index contributed by atoms with van der Waals surface area (Å²) in [7, 11) is 0. The van der Waals surface area contributed by atoms with Gasteiger partial charge >= 0.3 is 0 Å². The largest absolute Gasteiger partial charge is 0.393 e. The maximum atomic E-state index is 13.4. The summed E-state index contributed by atoms with van der Waals surface area (Å²) in [5, 5.41) is 10.6. The smallest absolute Gasteiger partial charge is 0.142 e. The van der Waals surface area contributed by atoms with Gasteiger partial charge in [-0.1, -0.05) is 48.0 Å². The minimum atomic E-state index is -0.309. The van der Waals surface area contributed by atoms with Crippen LogP contribution in [0.15, 0.2) is 0 Å². The predicted molar refractivity (Wildman–Crippen MR) is 96.1 cm³/mol. The molecule has 0 aromatic carbocycles. The molecular formula is C21H38O2. The van der Waals surface area contributed by atoms with Crippen LogP contribution < -0.4 is 0 Å². The van der Waals surface area contributed by atoms with Gasteiger partial charge in [-0.15, -0.1) is 0 Å². The number of rotatable bonds is 4. The fourth-order valence-electron chi connectivity index (χ4n) is 5.35. The number of aliphatic hydroxyl groups is 1. The zero-order chi connectivity index (χ0) is 17.4. The summed E-state index contributed by atoms with van der Waals surface area (Å²) in [5.74, 6) is 3.33. The van der Waals surface area contributed by atoms with Gasteiger partial charge in [-0.2, -0.15) is 0 Å². The second-order valence-corrected chi connectivity index (χ2v) is 9.58. The van der Waals surface area contributed by atoms with Crippen LogP contribution in [0, 0.1) is 40.9 Å². The van der Waals surface area contributed by atoms with Crippen molar-refractivity contribution in [3.63, 3.8) is 0 Å². The average Bonchev–Trinajstić information content (AvgIpc) is 2.45. The second kappa shape index (κ2) is 7.25. The van der Waals surface area contributed by atoms with Gasteiger partial charge in [0.25, 0.3) is 0 Å². The summed E-state index contributed by atoms with van der Waals surface area (Å²) in [6.45, 7) is 13.4. The molecule has 0 heterocycles. The minimum Gasteiger partial charge on any atom is -0.393 e. The Hall–Kier alpha value is -0.370. The fourth-order valence-corrected chi connectivity index (χ4v) is 5.35. The van der Waals surface area contributed by atoms with E-state index in [2.05, 4.69) is 41.5 Å². The Morgan fingerprint density at radius 1 is 1.04 bits per heavy atom. The van der Waals surface area contributed by atoms with Crippen LogP contribution in [0.5, 0.6) is 0 Å². The number of hydrogen-bond acceptors (Lipinski definition) is 2. The molecule has 1 N–H and O–H groups in total. The van der Waals surface area contributed by atoms with Crippen molar-refractivity contribution in [2.45, 2.75) is 86.2 Å². The summed E-state index contributed by atoms with van der Waals surface area (Å²) < 4.78 is 0. The van der Waals surface area contributed by atoms with Crippen molar-refractivity contribution in [1.82, 2.24) is 0 Å². The molecule has 0 aromatic rings. The van der Waals surface area contributed by atoms with Gasteiger partial charge in [-0.05, 0) is 61.7 Å². The van der Waals surface area contributed by atoms with Gasteiger partial charge in [-0.25, -0.2) is 0 Å². The van der Waals surface area contributed by atoms with Gasteiger partial charge in [-0.3, -0.25) is 4.79 Å². The van der Waals surface area contributed by atoms with Crippen molar-refractivity contribution in [2.75, 3.05) is 0 Å². The van der Waals surface area contributed by atoms with E-state index in [1.54, 1.807) is 0 Å². The van der Waals surface area contributed by atoms with Crippen molar-refractivity contribution in [1.29, 1.82) is 0 Å². The SMILES string of the molecule is CC1CCC(C(C)C)C(C(=O)C2(C)CCC(C(C)C)C(O)C2)C1. The van der Waals surface area contributed by atoms with Gasteiger partial charge in [0.15, 0.2) is 0 Å². The highest BCUT2D eigenvalue weighted by atomic mass is 16.3. The van der Waals surface area contributed by atoms with Crippen LogP contribution in [0.4, 0.5) is 0 Å². The first-order chi connectivity index (χ1) is 10.7. The molecule has 2 fully saturated rings. The summed E-state index contributed by atoms with van der Waals surface area (Å²) >= 11 is 0. The van der Waals surface area contributed by atoms with Crippen LogP contribution in [0.3, 0.4) is 0 Å². The molecule has 23 heavy (non-hydrogen) atoms. The van der Waals surface area contributed by atoms with E-state index in [1.165, 1.54) is 12.8 Å². The third kappa shape index (κ3) is 4.00. The van der Waals surface area contributed by atoms with Crippen molar-refractivity contribution >= 4 is 5.78 Å². The Bertz CT molecular complexity index is 414. The zero-order valence-electron chi connectivity index (χ0n) is 16.1. The van der Waals surface area contributed by atoms with E-state index in [-0.39, 0.29) is 17.4 Å². The third-order valence-corrected chi connectivity index (χ3v) is 6.99. The molecule has 2 nitrogen and oxygen atoms in total. The molecule has 0 spiro atoms. The third-order valence-electron chi connectivity index (χ3n) is 6.99. The lowest BCUT2D eigenvalue weighted by Crippen LogP contribution is -2.47. The van der Waals surface area contributed by atoms with Crippen LogP contribution in [0.25, 0.3) is 0 Å². The maximum Gasteiger partial charge on any atom is 0.142 e. The molecule has 2 heteroatoms. The topological polar surface area (TPSA) is 37.3 Å². The lowest BCUT2D eigenvalue weighted by atomic mass is 9.59. The molecule has 0 radical (unpaired) electrons. The molecule has 0 aromatic heterocycles. The van der Waals surface area contributed by atoms with E-state index in [0.717, 1.165) is 19.3 Å². The molecule has 0 bridgehead atoms. The molecule has 2 rings (SSSR count). The summed E-state index contributed by atoms with van der Waals surface area (Å²) in [5.41, 5.74) is -0.306. The Morgan fingerprint density at radius 2 is 1.65 bits per heavy atom. The van der Waals surface area contributed by atoms with Crippen molar-refractivity contribution in [2.24, 2.45) is 40.9 Å². The Kier molecular flexibility index (Phi) is 5.98. The summed E-state index contributed by atoms with van der Waals surface area (Å²) in [6.07, 6.45) is 5.84. The van der Waals surface area contributed by atoms with E-state index < -0.39 is 0 Å². The first-order valence-electron chi connectivity index (χ1n) is 9.88. The predicted octanol–water partition coefficient (Wildman–Crippen LogP) is 5.09. The van der Waals surface area contributed by atoms with Gasteiger partial charge < -0.3 is 5.11 Å².